The molecule has 5 heterocycles. The van der Waals surface area contributed by atoms with Crippen LogP contribution in [0.1, 0.15) is 42.0 Å². The van der Waals surface area contributed by atoms with E-state index < -0.39 is 5.82 Å². The highest BCUT2D eigenvalue weighted by molar-refractivity contribution is 5.93. The topological polar surface area (TPSA) is 107 Å². The minimum atomic E-state index is -0.433. The molecule has 1 aliphatic carbocycles. The van der Waals surface area contributed by atoms with Crippen LogP contribution >= 0.6 is 0 Å². The van der Waals surface area contributed by atoms with E-state index in [0.717, 1.165) is 56.8 Å². The standard InChI is InChI=1S/C26H28FN7O2/c1-28-22-21(6-5-20(30-22)24(36)29-2)33-9-7-16(8-10-33)34-14-26(12-17(34)13-26)25-31-19-4-3-15(27)11-18(19)23(35)32-25/h3-6,11,16-17H,1,7-10,12-14H2,2H3,(H,29,36)(H,31,32,35). The minimum absolute atomic E-state index is 0.136. The number of pyridine rings is 1. The first kappa shape index (κ1) is 22.8. The van der Waals surface area contributed by atoms with Crippen molar-refractivity contribution in [2.45, 2.75) is 43.2 Å². The summed E-state index contributed by atoms with van der Waals surface area (Å²) < 4.78 is 13.6. The third kappa shape index (κ3) is 3.59. The number of rotatable bonds is 5. The van der Waals surface area contributed by atoms with E-state index in [-0.39, 0.29) is 16.9 Å². The highest BCUT2D eigenvalue weighted by Crippen LogP contribution is 2.53. The third-order valence-corrected chi connectivity index (χ3v) is 8.11. The quantitative estimate of drug-likeness (QED) is 0.534. The van der Waals surface area contributed by atoms with Gasteiger partial charge in [-0.05, 0) is 62.7 Å². The summed E-state index contributed by atoms with van der Waals surface area (Å²) in [5, 5.41) is 2.87. The van der Waals surface area contributed by atoms with Gasteiger partial charge in [0.25, 0.3) is 11.5 Å². The van der Waals surface area contributed by atoms with Crippen molar-refractivity contribution in [2.24, 2.45) is 4.99 Å². The summed E-state index contributed by atoms with van der Waals surface area (Å²) in [4.78, 5) is 45.5. The molecule has 1 amide bonds. The largest absolute Gasteiger partial charge is 0.368 e. The monoisotopic (exact) mass is 489 g/mol. The predicted molar refractivity (Wildman–Crippen MR) is 136 cm³/mol. The Morgan fingerprint density at radius 3 is 2.69 bits per heavy atom. The van der Waals surface area contributed by atoms with Crippen LogP contribution in [0.5, 0.6) is 0 Å². The molecule has 1 saturated carbocycles. The molecule has 3 saturated heterocycles. The van der Waals surface area contributed by atoms with Crippen LogP contribution in [0.15, 0.2) is 40.1 Å². The van der Waals surface area contributed by atoms with Crippen molar-refractivity contribution in [3.63, 3.8) is 0 Å². The molecule has 0 unspecified atom stereocenters. The van der Waals surface area contributed by atoms with Gasteiger partial charge in [0, 0.05) is 44.2 Å². The van der Waals surface area contributed by atoms with Gasteiger partial charge in [-0.3, -0.25) is 14.5 Å². The number of benzene rings is 1. The van der Waals surface area contributed by atoms with Crippen LogP contribution in [0, 0.1) is 5.82 Å². The fraction of sp³-hybridized carbons (Fsp3) is 0.423. The molecule has 186 valence electrons. The first-order valence-corrected chi connectivity index (χ1v) is 12.3. The van der Waals surface area contributed by atoms with Crippen LogP contribution in [-0.4, -0.2) is 71.2 Å². The van der Waals surface area contributed by atoms with E-state index in [9.17, 15) is 14.0 Å². The van der Waals surface area contributed by atoms with Crippen LogP contribution in [0.4, 0.5) is 15.9 Å². The lowest BCUT2D eigenvalue weighted by atomic mass is 9.69. The van der Waals surface area contributed by atoms with Crippen LogP contribution < -0.4 is 15.8 Å². The summed E-state index contributed by atoms with van der Waals surface area (Å²) in [7, 11) is 1.57. The smallest absolute Gasteiger partial charge is 0.269 e. The SMILES string of the molecule is C=Nc1nc(C(=O)NC)ccc1N1CCC(N2CC3(c4nc5ccc(F)cc5c(=O)[nH]4)CC2C3)CC1. The van der Waals surface area contributed by atoms with Crippen molar-refractivity contribution in [3.8, 4) is 0 Å². The minimum Gasteiger partial charge on any atom is -0.368 e. The summed E-state index contributed by atoms with van der Waals surface area (Å²) in [6, 6.07) is 8.75. The lowest BCUT2D eigenvalue weighted by Crippen LogP contribution is -2.46. The number of halogens is 1. The second-order valence-electron chi connectivity index (χ2n) is 10.1. The lowest BCUT2D eigenvalue weighted by Gasteiger charge is -2.40. The Labute approximate surface area is 207 Å². The molecule has 2 N–H and O–H groups in total. The van der Waals surface area contributed by atoms with Crippen molar-refractivity contribution in [1.82, 2.24) is 25.2 Å². The molecule has 10 heteroatoms. The molecule has 2 bridgehead atoms. The summed E-state index contributed by atoms with van der Waals surface area (Å²) in [5.74, 6) is 0.522. The average Bonchev–Trinajstić information content (AvgIpc) is 3.46. The number of nitrogens with zero attached hydrogens (tertiary/aromatic N) is 5. The van der Waals surface area contributed by atoms with Crippen LogP contribution in [0.3, 0.4) is 0 Å². The zero-order valence-corrected chi connectivity index (χ0v) is 20.1. The van der Waals surface area contributed by atoms with E-state index in [1.807, 2.05) is 6.07 Å². The van der Waals surface area contributed by atoms with Gasteiger partial charge in [-0.25, -0.2) is 19.4 Å². The number of hydrogen-bond donors (Lipinski definition) is 2. The van der Waals surface area contributed by atoms with Gasteiger partial charge in [0.05, 0.1) is 16.6 Å². The average molecular weight is 490 g/mol. The van der Waals surface area contributed by atoms with E-state index in [0.29, 0.717) is 34.5 Å². The number of carbonyl (C=O) groups excluding carboxylic acids is 1. The fourth-order valence-electron chi connectivity index (χ4n) is 6.24. The van der Waals surface area contributed by atoms with Gasteiger partial charge < -0.3 is 15.2 Å². The predicted octanol–water partition coefficient (Wildman–Crippen LogP) is 2.53. The molecule has 4 aliphatic rings. The summed E-state index contributed by atoms with van der Waals surface area (Å²) in [6.07, 6.45) is 3.97. The maximum Gasteiger partial charge on any atom is 0.269 e. The van der Waals surface area contributed by atoms with Gasteiger partial charge in [-0.1, -0.05) is 0 Å². The molecule has 36 heavy (non-hydrogen) atoms. The van der Waals surface area contributed by atoms with Crippen molar-refractivity contribution in [3.05, 3.63) is 58.0 Å². The molecule has 1 aromatic carbocycles. The third-order valence-electron chi connectivity index (χ3n) is 8.11. The zero-order chi connectivity index (χ0) is 25.0. The Balaban J connectivity index is 1.15. The van der Waals surface area contributed by atoms with E-state index >= 15 is 0 Å². The molecule has 4 fully saturated rings. The van der Waals surface area contributed by atoms with E-state index in [2.05, 4.69) is 36.8 Å². The molecule has 0 atom stereocenters. The molecule has 2 aromatic heterocycles. The number of amides is 1. The highest BCUT2D eigenvalue weighted by Gasteiger charge is 2.59. The Kier molecular flexibility index (Phi) is 5.36. The van der Waals surface area contributed by atoms with E-state index in [1.165, 1.54) is 12.1 Å². The zero-order valence-electron chi connectivity index (χ0n) is 20.1. The number of carbonyl (C=O) groups is 1. The van der Waals surface area contributed by atoms with Crippen LogP contribution in [-0.2, 0) is 5.41 Å². The highest BCUT2D eigenvalue weighted by atomic mass is 19.1. The number of aromatic nitrogens is 3. The second-order valence-corrected chi connectivity index (χ2v) is 10.1. The summed E-state index contributed by atoms with van der Waals surface area (Å²) in [5.41, 5.74) is 1.35. The number of aliphatic imine (C=N–C) groups is 1. The van der Waals surface area contributed by atoms with Gasteiger partial charge in [0.15, 0.2) is 5.82 Å². The van der Waals surface area contributed by atoms with Crippen molar-refractivity contribution >= 4 is 35.0 Å². The van der Waals surface area contributed by atoms with Gasteiger partial charge in [-0.15, -0.1) is 0 Å². The molecule has 0 spiro atoms. The molecule has 9 nitrogen and oxygen atoms in total. The maximum atomic E-state index is 13.6. The van der Waals surface area contributed by atoms with Gasteiger partial charge in [0.1, 0.15) is 17.3 Å². The second kappa shape index (κ2) is 8.48. The number of anilines is 1. The van der Waals surface area contributed by atoms with E-state index in [4.69, 9.17) is 4.98 Å². The molecular weight excluding hydrogens is 461 g/mol. The fourth-order valence-corrected chi connectivity index (χ4v) is 6.24. The first-order valence-electron chi connectivity index (χ1n) is 12.3. The summed E-state index contributed by atoms with van der Waals surface area (Å²) in [6.45, 7) is 6.24. The normalized spacial score (nSPS) is 24.1. The van der Waals surface area contributed by atoms with Crippen LogP contribution in [0.25, 0.3) is 10.9 Å². The number of piperidine rings is 1. The number of aromatic amines is 1. The summed E-state index contributed by atoms with van der Waals surface area (Å²) >= 11 is 0. The Morgan fingerprint density at radius 2 is 1.97 bits per heavy atom. The Hall–Kier alpha value is -3.66. The van der Waals surface area contributed by atoms with Crippen molar-refractivity contribution in [1.29, 1.82) is 0 Å². The Bertz CT molecular complexity index is 1420. The molecule has 7 rings (SSSR count). The van der Waals surface area contributed by atoms with Gasteiger partial charge in [0.2, 0.25) is 0 Å². The molecule has 0 radical (unpaired) electrons. The first-order chi connectivity index (χ1) is 17.4. The number of hydrogen-bond acceptors (Lipinski definition) is 7. The number of H-pyrrole nitrogens is 1. The number of nitrogens with one attached hydrogen (secondary N) is 2. The molecule has 3 aliphatic heterocycles. The Morgan fingerprint density at radius 1 is 1.19 bits per heavy atom. The van der Waals surface area contributed by atoms with Crippen molar-refractivity contribution in [2.75, 3.05) is 31.6 Å². The van der Waals surface area contributed by atoms with Gasteiger partial charge >= 0.3 is 0 Å². The number of fused-ring (bicyclic) bond motifs is 2. The van der Waals surface area contributed by atoms with Crippen LogP contribution in [0.2, 0.25) is 0 Å². The molecular formula is C26H28FN7O2. The lowest BCUT2D eigenvalue weighted by molar-refractivity contribution is 0.0958. The van der Waals surface area contributed by atoms with E-state index in [1.54, 1.807) is 19.2 Å². The maximum absolute atomic E-state index is 13.6. The molecule has 3 aromatic rings. The van der Waals surface area contributed by atoms with Crippen molar-refractivity contribution < 1.29 is 9.18 Å². The van der Waals surface area contributed by atoms with Gasteiger partial charge in [-0.2, -0.15) is 0 Å².